The summed E-state index contributed by atoms with van der Waals surface area (Å²) in [5, 5.41) is 7.81. The van der Waals surface area contributed by atoms with Crippen molar-refractivity contribution in [3.05, 3.63) is 60.0 Å². The number of hydrogen-bond acceptors (Lipinski definition) is 4. The molecule has 0 aliphatic rings. The Bertz CT molecular complexity index is 1050. The molecule has 0 bridgehead atoms. The van der Waals surface area contributed by atoms with Crippen LogP contribution in [0.15, 0.2) is 53.1 Å². The van der Waals surface area contributed by atoms with Crippen molar-refractivity contribution in [2.45, 2.75) is 26.4 Å². The van der Waals surface area contributed by atoms with Gasteiger partial charge >= 0.3 is 0 Å². The van der Waals surface area contributed by atoms with E-state index in [2.05, 4.69) is 26.9 Å². The number of imidazole rings is 1. The number of carbonyl (C=O) groups is 1. The van der Waals surface area contributed by atoms with Crippen molar-refractivity contribution in [3.8, 4) is 0 Å². The molecule has 2 aromatic carbocycles. The first-order valence-electron chi connectivity index (χ1n) is 8.30. The lowest BCUT2D eigenvalue weighted by molar-refractivity contribution is -0.120. The van der Waals surface area contributed by atoms with Gasteiger partial charge in [-0.2, -0.15) is 0 Å². The first kappa shape index (κ1) is 15.4. The van der Waals surface area contributed by atoms with Crippen LogP contribution in [0.2, 0.25) is 0 Å². The molecule has 1 N–H and O–H groups in total. The van der Waals surface area contributed by atoms with Crippen LogP contribution in [0.3, 0.4) is 0 Å². The van der Waals surface area contributed by atoms with Gasteiger partial charge in [-0.1, -0.05) is 29.4 Å². The van der Waals surface area contributed by atoms with Crippen LogP contribution in [-0.4, -0.2) is 20.6 Å². The SMILES string of the molecule is CCn1c(CNC(=O)Cc2noc3ccccc23)nc2ccccc21. The van der Waals surface area contributed by atoms with Crippen LogP contribution in [0.1, 0.15) is 18.4 Å². The van der Waals surface area contributed by atoms with Gasteiger partial charge in [0.1, 0.15) is 11.5 Å². The van der Waals surface area contributed by atoms with Crippen LogP contribution in [0.4, 0.5) is 0 Å². The van der Waals surface area contributed by atoms with Crippen LogP contribution < -0.4 is 5.32 Å². The predicted molar refractivity (Wildman–Crippen MR) is 95.0 cm³/mol. The van der Waals surface area contributed by atoms with Gasteiger partial charge in [-0.15, -0.1) is 0 Å². The van der Waals surface area contributed by atoms with Crippen LogP contribution >= 0.6 is 0 Å². The third-order valence-electron chi connectivity index (χ3n) is 4.27. The highest BCUT2D eigenvalue weighted by Gasteiger charge is 2.14. The molecule has 4 aromatic rings. The molecule has 0 fully saturated rings. The fourth-order valence-corrected chi connectivity index (χ4v) is 3.07. The number of carbonyl (C=O) groups excluding carboxylic acids is 1. The topological polar surface area (TPSA) is 73.0 Å². The summed E-state index contributed by atoms with van der Waals surface area (Å²) in [6, 6.07) is 15.5. The third kappa shape index (κ3) is 2.87. The lowest BCUT2D eigenvalue weighted by Gasteiger charge is -2.07. The van der Waals surface area contributed by atoms with Crippen LogP contribution in [0.25, 0.3) is 22.0 Å². The fourth-order valence-electron chi connectivity index (χ4n) is 3.07. The van der Waals surface area contributed by atoms with Gasteiger partial charge < -0.3 is 14.4 Å². The second-order valence-electron chi connectivity index (χ2n) is 5.84. The lowest BCUT2D eigenvalue weighted by Crippen LogP contribution is -2.26. The fraction of sp³-hybridized carbons (Fsp3) is 0.211. The van der Waals surface area contributed by atoms with E-state index in [1.165, 1.54) is 0 Å². The molecule has 0 saturated carbocycles. The number of rotatable bonds is 5. The molecule has 0 aliphatic heterocycles. The Morgan fingerprint density at radius 2 is 1.96 bits per heavy atom. The zero-order valence-corrected chi connectivity index (χ0v) is 13.9. The summed E-state index contributed by atoms with van der Waals surface area (Å²) in [7, 11) is 0. The number of para-hydroxylation sites is 3. The minimum Gasteiger partial charge on any atom is -0.356 e. The molecule has 2 aromatic heterocycles. The first-order valence-corrected chi connectivity index (χ1v) is 8.30. The predicted octanol–water partition coefficient (Wildman–Crippen LogP) is 3.06. The van der Waals surface area contributed by atoms with Gasteiger partial charge in [0.15, 0.2) is 5.58 Å². The third-order valence-corrected chi connectivity index (χ3v) is 4.27. The molecule has 1 amide bonds. The highest BCUT2D eigenvalue weighted by molar-refractivity contribution is 5.86. The normalized spacial score (nSPS) is 11.2. The molecule has 6 heteroatoms. The van der Waals surface area contributed by atoms with E-state index in [0.717, 1.165) is 28.8 Å². The van der Waals surface area contributed by atoms with Gasteiger partial charge in [-0.25, -0.2) is 4.98 Å². The van der Waals surface area contributed by atoms with Crippen molar-refractivity contribution in [2.75, 3.05) is 0 Å². The molecule has 6 nitrogen and oxygen atoms in total. The van der Waals surface area contributed by atoms with Crippen molar-refractivity contribution >= 4 is 27.9 Å². The molecule has 0 saturated heterocycles. The van der Waals surface area contributed by atoms with Gasteiger partial charge in [0.2, 0.25) is 5.91 Å². The van der Waals surface area contributed by atoms with Gasteiger partial charge in [-0.3, -0.25) is 4.79 Å². The number of hydrogen-bond donors (Lipinski definition) is 1. The number of amides is 1. The molecule has 126 valence electrons. The van der Waals surface area contributed by atoms with Crippen LogP contribution in [-0.2, 0) is 24.3 Å². The zero-order valence-electron chi connectivity index (χ0n) is 13.9. The molecular formula is C19H18N4O2. The summed E-state index contributed by atoms with van der Waals surface area (Å²) in [4.78, 5) is 16.9. The molecular weight excluding hydrogens is 316 g/mol. The van der Waals surface area contributed by atoms with Crippen molar-refractivity contribution in [1.29, 1.82) is 0 Å². The molecule has 25 heavy (non-hydrogen) atoms. The summed E-state index contributed by atoms with van der Waals surface area (Å²) in [6.45, 7) is 3.26. The van der Waals surface area contributed by atoms with Crippen molar-refractivity contribution < 1.29 is 9.32 Å². The van der Waals surface area contributed by atoms with Crippen LogP contribution in [0.5, 0.6) is 0 Å². The van der Waals surface area contributed by atoms with E-state index in [0.29, 0.717) is 17.8 Å². The highest BCUT2D eigenvalue weighted by atomic mass is 16.5. The summed E-state index contributed by atoms with van der Waals surface area (Å²) in [6.07, 6.45) is 0.184. The highest BCUT2D eigenvalue weighted by Crippen LogP contribution is 2.18. The molecule has 0 aliphatic carbocycles. The molecule has 4 rings (SSSR count). The maximum atomic E-state index is 12.3. The van der Waals surface area contributed by atoms with Gasteiger partial charge in [0, 0.05) is 11.9 Å². The van der Waals surface area contributed by atoms with Crippen molar-refractivity contribution in [3.63, 3.8) is 0 Å². The minimum atomic E-state index is -0.103. The molecule has 2 heterocycles. The summed E-state index contributed by atoms with van der Waals surface area (Å²) < 4.78 is 7.35. The maximum absolute atomic E-state index is 12.3. The van der Waals surface area contributed by atoms with E-state index >= 15 is 0 Å². The number of nitrogens with zero attached hydrogens (tertiary/aromatic N) is 3. The number of fused-ring (bicyclic) bond motifs is 2. The second kappa shape index (κ2) is 6.39. The van der Waals surface area contributed by atoms with Gasteiger partial charge in [0.25, 0.3) is 0 Å². The first-order chi connectivity index (χ1) is 12.3. The number of nitrogens with one attached hydrogen (secondary N) is 1. The summed E-state index contributed by atoms with van der Waals surface area (Å²) in [5.74, 6) is 0.746. The van der Waals surface area contributed by atoms with E-state index in [9.17, 15) is 4.79 Å². The van der Waals surface area contributed by atoms with E-state index in [1.807, 2.05) is 48.5 Å². The molecule has 0 spiro atoms. The summed E-state index contributed by atoms with van der Waals surface area (Å²) in [5.41, 5.74) is 3.36. The molecule has 0 radical (unpaired) electrons. The Morgan fingerprint density at radius 1 is 1.16 bits per heavy atom. The zero-order chi connectivity index (χ0) is 17.2. The number of aromatic nitrogens is 3. The number of aryl methyl sites for hydroxylation is 1. The average molecular weight is 334 g/mol. The van der Waals surface area contributed by atoms with Crippen molar-refractivity contribution in [2.24, 2.45) is 0 Å². The largest absolute Gasteiger partial charge is 0.356 e. The second-order valence-corrected chi connectivity index (χ2v) is 5.84. The minimum absolute atomic E-state index is 0.103. The smallest absolute Gasteiger partial charge is 0.226 e. The Kier molecular flexibility index (Phi) is 3.93. The Labute approximate surface area is 144 Å². The quantitative estimate of drug-likeness (QED) is 0.609. The van der Waals surface area contributed by atoms with Crippen LogP contribution in [0, 0.1) is 0 Å². The standard InChI is InChI=1S/C19H18N4O2/c1-2-23-16-9-5-4-8-14(16)21-18(23)12-20-19(24)11-15-13-7-3-6-10-17(13)25-22-15/h3-10H,2,11-12H2,1H3,(H,20,24). The van der Waals surface area contributed by atoms with Gasteiger partial charge in [-0.05, 0) is 31.2 Å². The maximum Gasteiger partial charge on any atom is 0.226 e. The summed E-state index contributed by atoms with van der Waals surface area (Å²) >= 11 is 0. The van der Waals surface area contributed by atoms with E-state index in [1.54, 1.807) is 0 Å². The molecule has 0 atom stereocenters. The number of benzene rings is 2. The van der Waals surface area contributed by atoms with Crippen molar-refractivity contribution in [1.82, 2.24) is 20.0 Å². The Morgan fingerprint density at radius 3 is 2.84 bits per heavy atom. The van der Waals surface area contributed by atoms with E-state index < -0.39 is 0 Å². The lowest BCUT2D eigenvalue weighted by atomic mass is 10.1. The monoisotopic (exact) mass is 334 g/mol. The molecule has 0 unspecified atom stereocenters. The Hall–Kier alpha value is -3.15. The Balaban J connectivity index is 1.49. The van der Waals surface area contributed by atoms with E-state index in [4.69, 9.17) is 4.52 Å². The van der Waals surface area contributed by atoms with Gasteiger partial charge in [0.05, 0.1) is 24.0 Å². The van der Waals surface area contributed by atoms with E-state index in [-0.39, 0.29) is 12.3 Å². The average Bonchev–Trinajstić information content (AvgIpc) is 3.21.